The van der Waals surface area contributed by atoms with Gasteiger partial charge in [-0.15, -0.1) is 34.8 Å². The molecule has 5 nitrogen and oxygen atoms in total. The number of ether oxygens (including phenoxy) is 1. The maximum atomic E-state index is 9.31. The van der Waals surface area contributed by atoms with Gasteiger partial charge in [-0.1, -0.05) is 224 Å². The number of benzene rings is 9. The molecule has 0 bridgehead atoms. The average molecular weight is 1260 g/mol. The van der Waals surface area contributed by atoms with Gasteiger partial charge in [-0.2, -0.15) is 12.1 Å². The van der Waals surface area contributed by atoms with Crippen molar-refractivity contribution in [2.75, 3.05) is 0 Å². The average Bonchev–Trinajstić information content (AvgIpc) is 1.47. The van der Waals surface area contributed by atoms with Crippen LogP contribution < -0.4 is 19.7 Å². The zero-order chi connectivity index (χ0) is 67.9. The van der Waals surface area contributed by atoms with Gasteiger partial charge in [0.25, 0.3) is 6.33 Å². The number of aromatic nitrogens is 4. The molecule has 2 aliphatic rings. The van der Waals surface area contributed by atoms with E-state index in [9.17, 15) is 8.22 Å². The molecular weight excluding hydrogens is 1180 g/mol. The van der Waals surface area contributed by atoms with Crippen molar-refractivity contribution >= 4 is 51.3 Å². The van der Waals surface area contributed by atoms with Crippen molar-refractivity contribution < 1.29 is 50.9 Å². The zero-order valence-electron chi connectivity index (χ0n) is 61.3. The number of fused-ring (bicyclic) bond motifs is 6. The number of imidazole rings is 1. The molecule has 14 rings (SSSR count). The molecule has 3 aromatic heterocycles. The van der Waals surface area contributed by atoms with Crippen molar-refractivity contribution in [2.24, 2.45) is 0 Å². The summed E-state index contributed by atoms with van der Waals surface area (Å²) in [7, 11) is -3.24. The van der Waals surface area contributed by atoms with Gasteiger partial charge >= 0.3 is 0 Å². The van der Waals surface area contributed by atoms with Crippen LogP contribution in [-0.4, -0.2) is 22.2 Å². The molecule has 1 aliphatic carbocycles. The van der Waals surface area contributed by atoms with Crippen LogP contribution in [0.2, 0.25) is 13.1 Å². The fourth-order valence-electron chi connectivity index (χ4n) is 12.3. The fraction of sp³-hybridized carbons (Fsp3) is 0.189. The molecule has 0 radical (unpaired) electrons. The van der Waals surface area contributed by atoms with Crippen molar-refractivity contribution in [3.63, 3.8) is 0 Å². The summed E-state index contributed by atoms with van der Waals surface area (Å²) in [5, 5.41) is 3.32. The van der Waals surface area contributed by atoms with Crippen LogP contribution in [0.15, 0.2) is 200 Å². The van der Waals surface area contributed by atoms with Crippen molar-refractivity contribution in [3.8, 4) is 73.2 Å². The number of nitrogens with zero attached hydrogens (tertiary/aromatic N) is 4. The van der Waals surface area contributed by atoms with E-state index in [2.05, 4.69) is 127 Å². The molecule has 9 aromatic carbocycles. The number of hydrogen-bond acceptors (Lipinski definition) is 2. The van der Waals surface area contributed by atoms with Crippen LogP contribution >= 0.6 is 0 Å². The van der Waals surface area contributed by atoms with Crippen LogP contribution in [0.5, 0.6) is 11.5 Å². The molecule has 0 amide bonds. The van der Waals surface area contributed by atoms with E-state index in [4.69, 9.17) is 22.1 Å². The first-order valence-electron chi connectivity index (χ1n) is 34.5. The molecule has 0 unspecified atom stereocenters. The maximum Gasteiger partial charge on any atom is 0.268 e. The Balaban J connectivity index is 0.00000833. The van der Waals surface area contributed by atoms with Crippen LogP contribution in [0.25, 0.3) is 94.5 Å². The first kappa shape index (κ1) is 37.9. The van der Waals surface area contributed by atoms with E-state index in [-0.39, 0.29) is 76.6 Å². The van der Waals surface area contributed by atoms with Crippen LogP contribution in [0.4, 0.5) is 0 Å². The zero-order valence-corrected chi connectivity index (χ0v) is 49.6. The van der Waals surface area contributed by atoms with E-state index in [0.29, 0.717) is 39.0 Å². The molecule has 0 atom stereocenters. The van der Waals surface area contributed by atoms with Gasteiger partial charge in [0.15, 0.2) is 0 Å². The van der Waals surface area contributed by atoms with E-state index in [1.165, 1.54) is 29.3 Å². The van der Waals surface area contributed by atoms with E-state index >= 15 is 0 Å². The predicted molar refractivity (Wildman–Crippen MR) is 332 cm³/mol. The Morgan fingerprint density at radius 2 is 1.22 bits per heavy atom. The van der Waals surface area contributed by atoms with Crippen LogP contribution in [-0.2, 0) is 37.3 Å². The largest absolute Gasteiger partial charge is 0.510 e. The van der Waals surface area contributed by atoms with Gasteiger partial charge in [-0.05, 0) is 120 Å². The molecular formula is C74H64N4OPtSi-2. The van der Waals surface area contributed by atoms with E-state index < -0.39 is 98.7 Å². The summed E-state index contributed by atoms with van der Waals surface area (Å²) >= 11 is 0. The SMILES string of the molecule is [2H]c1c([2H])c([2H])c(-c2cccc(-c3c([2H])c([2H])c([2H])c([2H])c3[2H])c2-[n+]2[c-]n3c4c(c(-c5c([2H])c([2H])c([2H])c([2H])c5[2H])ccc42)[Si](C)(C)c2ccc(Oc4[c-]c5c(cc4)c4cc(-c6ccc7c(c6)C(C)(C)CCC7(C)C)ccc4n5-c4cc(C(C)(C)C)ccn4)[c-]c2-3)c([2H])c1[2H].[Pt]. The van der Waals surface area contributed by atoms with Crippen LogP contribution in [0.3, 0.4) is 0 Å². The number of rotatable bonds is 8. The second-order valence-electron chi connectivity index (χ2n) is 24.0. The number of pyridine rings is 1. The first-order chi connectivity index (χ1) is 44.7. The molecule has 0 saturated carbocycles. The maximum absolute atomic E-state index is 9.31. The van der Waals surface area contributed by atoms with Gasteiger partial charge < -0.3 is 13.9 Å². The topological polar surface area (TPSA) is 35.9 Å². The molecule has 0 saturated heterocycles. The number of hydrogen-bond donors (Lipinski definition) is 0. The minimum atomic E-state index is -3.24. The Morgan fingerprint density at radius 3 is 1.89 bits per heavy atom. The minimum absolute atomic E-state index is 0. The summed E-state index contributed by atoms with van der Waals surface area (Å²) in [5.74, 6) is 1.33. The molecule has 7 heteroatoms. The van der Waals surface area contributed by atoms with Gasteiger partial charge in [0.1, 0.15) is 5.82 Å². The van der Waals surface area contributed by atoms with Gasteiger partial charge in [0.05, 0.1) is 37.3 Å². The van der Waals surface area contributed by atoms with Crippen molar-refractivity contribution in [1.29, 1.82) is 0 Å². The summed E-state index contributed by atoms with van der Waals surface area (Å²) < 4.78 is 147. The normalized spacial score (nSPS) is 17.4. The Labute approximate surface area is 512 Å². The van der Waals surface area contributed by atoms with Gasteiger partial charge in [-0.25, -0.2) is 4.98 Å². The minimum Gasteiger partial charge on any atom is -0.510 e. The van der Waals surface area contributed by atoms with Crippen molar-refractivity contribution in [2.45, 2.75) is 90.6 Å². The number of para-hydroxylation sites is 1. The smallest absolute Gasteiger partial charge is 0.268 e. The van der Waals surface area contributed by atoms with E-state index in [1.54, 1.807) is 27.3 Å². The second kappa shape index (κ2) is 19.4. The molecule has 0 spiro atoms. The van der Waals surface area contributed by atoms with Gasteiger partial charge in [0.2, 0.25) is 0 Å². The second-order valence-corrected chi connectivity index (χ2v) is 28.3. The third kappa shape index (κ3) is 8.68. The summed E-state index contributed by atoms with van der Waals surface area (Å²) in [6.45, 7) is 20.0. The van der Waals surface area contributed by atoms with Crippen molar-refractivity contribution in [1.82, 2.24) is 14.1 Å². The third-order valence-electron chi connectivity index (χ3n) is 16.7. The molecule has 12 aromatic rings. The molecule has 0 fully saturated rings. The Bertz CT molecular complexity index is 5230. The third-order valence-corrected chi connectivity index (χ3v) is 20.2. The van der Waals surface area contributed by atoms with E-state index in [1.807, 2.05) is 30.5 Å². The summed E-state index contributed by atoms with van der Waals surface area (Å²) in [5.41, 5.74) is 8.79. The Morgan fingerprint density at radius 1 is 0.617 bits per heavy atom. The first-order valence-corrected chi connectivity index (χ1v) is 30.0. The summed E-state index contributed by atoms with van der Waals surface area (Å²) in [6, 6.07) is 32.0. The van der Waals surface area contributed by atoms with Crippen LogP contribution in [0.1, 0.15) is 98.6 Å². The Hall–Kier alpha value is -7.89. The van der Waals surface area contributed by atoms with Gasteiger partial charge in [0, 0.05) is 52.4 Å². The summed E-state index contributed by atoms with van der Waals surface area (Å²) in [4.78, 5) is 4.98. The fourth-order valence-corrected chi connectivity index (χ4v) is 15.6. The summed E-state index contributed by atoms with van der Waals surface area (Å²) in [6.07, 6.45) is 7.56. The monoisotopic (exact) mass is 1260 g/mol. The van der Waals surface area contributed by atoms with Gasteiger partial charge in [-0.3, -0.25) is 4.57 Å². The molecule has 4 heterocycles. The van der Waals surface area contributed by atoms with Crippen LogP contribution in [0, 0.1) is 18.5 Å². The molecule has 81 heavy (non-hydrogen) atoms. The van der Waals surface area contributed by atoms with E-state index in [0.717, 1.165) is 56.5 Å². The van der Waals surface area contributed by atoms with Crippen molar-refractivity contribution in [3.05, 3.63) is 235 Å². The molecule has 402 valence electrons. The molecule has 1 aliphatic heterocycles. The standard InChI is InChI=1S/C74H64N4OSi.Pt/c1-72(2,3)53-38-41-75-68(44-53)78-63-35-29-51(52-28-34-61-62(43-52)74(6,7)40-39-73(61,4)5)42-60(63)59-32-30-54(45-65(59)78)79-55-31-37-67-66(46-55)77-47-76(64-36-33-58(50-24-17-12-18-25-50)71(70(64)77)80(67,8)9)69-56(48-20-13-10-14-21-48)26-19-27-57(69)49-22-15-11-16-23-49;/h10-38,41-44H,39-40H2,1-9H3;/q-2;/i10D,11D,12D,13D,14D,15D,16D,17D,18D,20D,21D,22D,23D,24D,25D;. The quantitative estimate of drug-likeness (QED) is 0.0863. The molecule has 0 N–H and O–H groups in total. The Kier molecular flexibility index (Phi) is 9.08. The predicted octanol–water partition coefficient (Wildman–Crippen LogP) is 17.0.